The highest BCUT2D eigenvalue weighted by Crippen LogP contribution is 2.28. The van der Waals surface area contributed by atoms with Crippen LogP contribution in [0.4, 0.5) is 0 Å². The first-order valence-electron chi connectivity index (χ1n) is 8.58. The summed E-state index contributed by atoms with van der Waals surface area (Å²) in [5, 5.41) is 0. The van der Waals surface area contributed by atoms with Gasteiger partial charge in [-0.1, -0.05) is 30.3 Å². The van der Waals surface area contributed by atoms with Crippen molar-refractivity contribution in [1.82, 2.24) is 9.80 Å². The Morgan fingerprint density at radius 2 is 1.87 bits per heavy atom. The topological polar surface area (TPSA) is 42.0 Å². The molecule has 0 spiro atoms. The smallest absolute Gasteiger partial charge is 0.249 e. The number of hydrogen-bond acceptors (Lipinski definition) is 4. The van der Waals surface area contributed by atoms with Crippen molar-refractivity contribution in [3.05, 3.63) is 35.9 Å². The zero-order chi connectivity index (χ0) is 15.6. The van der Waals surface area contributed by atoms with Crippen molar-refractivity contribution in [2.45, 2.75) is 37.6 Å². The molecule has 1 aromatic rings. The second-order valence-electron chi connectivity index (χ2n) is 6.72. The highest BCUT2D eigenvalue weighted by molar-refractivity contribution is 5.78. The van der Waals surface area contributed by atoms with E-state index in [1.807, 2.05) is 23.1 Å². The van der Waals surface area contributed by atoms with E-state index in [0.717, 1.165) is 39.1 Å². The molecule has 2 atom stereocenters. The average Bonchev–Trinajstić information content (AvgIpc) is 3.04. The van der Waals surface area contributed by atoms with Crippen molar-refractivity contribution in [3.63, 3.8) is 0 Å². The fourth-order valence-electron chi connectivity index (χ4n) is 4.03. The Labute approximate surface area is 137 Å². The van der Waals surface area contributed by atoms with E-state index in [0.29, 0.717) is 12.6 Å². The van der Waals surface area contributed by atoms with E-state index in [1.54, 1.807) is 0 Å². The van der Waals surface area contributed by atoms with E-state index >= 15 is 0 Å². The molecule has 0 aliphatic carbocycles. The van der Waals surface area contributed by atoms with Gasteiger partial charge in [0.25, 0.3) is 0 Å². The molecule has 1 aromatic carbocycles. The van der Waals surface area contributed by atoms with Gasteiger partial charge >= 0.3 is 0 Å². The molecule has 0 saturated carbocycles. The first kappa shape index (κ1) is 15.1. The Morgan fingerprint density at radius 1 is 1.09 bits per heavy atom. The summed E-state index contributed by atoms with van der Waals surface area (Å²) < 4.78 is 11.3. The van der Waals surface area contributed by atoms with Crippen LogP contribution in [0.1, 0.15) is 18.4 Å². The van der Waals surface area contributed by atoms with Crippen molar-refractivity contribution in [2.75, 3.05) is 32.9 Å². The Bertz CT molecular complexity index is 544. The van der Waals surface area contributed by atoms with Crippen LogP contribution in [0, 0.1) is 0 Å². The lowest BCUT2D eigenvalue weighted by atomic mass is 10.1. The van der Waals surface area contributed by atoms with Gasteiger partial charge in [-0.15, -0.1) is 0 Å². The standard InChI is InChI=1S/C18H24N2O3/c21-18-13-23-17-12-19(15-6-8-22-9-7-15)11-16(17)20(18)10-14-4-2-1-3-5-14/h1-5,15-17H,6-13H2/t16-,17-/m1/s1. The number of carbonyl (C=O) groups excluding carboxylic acids is 1. The Morgan fingerprint density at radius 3 is 2.65 bits per heavy atom. The van der Waals surface area contributed by atoms with Crippen LogP contribution in [0.15, 0.2) is 30.3 Å². The molecule has 3 saturated heterocycles. The third kappa shape index (κ3) is 3.13. The minimum atomic E-state index is 0.115. The van der Waals surface area contributed by atoms with Crippen LogP contribution in [0.2, 0.25) is 0 Å². The maximum absolute atomic E-state index is 12.4. The summed E-state index contributed by atoms with van der Waals surface area (Å²) in [7, 11) is 0. The molecule has 0 N–H and O–H groups in total. The number of morpholine rings is 1. The number of fused-ring (bicyclic) bond motifs is 1. The third-order valence-electron chi connectivity index (χ3n) is 5.31. The zero-order valence-electron chi connectivity index (χ0n) is 13.4. The van der Waals surface area contributed by atoms with Crippen LogP contribution in [-0.2, 0) is 20.8 Å². The lowest BCUT2D eigenvalue weighted by Gasteiger charge is -2.37. The lowest BCUT2D eigenvalue weighted by molar-refractivity contribution is -0.153. The maximum Gasteiger partial charge on any atom is 0.249 e. The number of likely N-dealkylation sites (tertiary alicyclic amines) is 1. The molecule has 0 radical (unpaired) electrons. The summed E-state index contributed by atoms with van der Waals surface area (Å²) in [6.07, 6.45) is 2.33. The predicted octanol–water partition coefficient (Wildman–Crippen LogP) is 1.28. The Kier molecular flexibility index (Phi) is 4.33. The lowest BCUT2D eigenvalue weighted by Crippen LogP contribution is -2.53. The third-order valence-corrected chi connectivity index (χ3v) is 5.31. The molecule has 3 heterocycles. The second-order valence-corrected chi connectivity index (χ2v) is 6.72. The normalized spacial score (nSPS) is 29.7. The molecule has 4 rings (SSSR count). The van der Waals surface area contributed by atoms with Gasteiger partial charge in [0, 0.05) is 38.9 Å². The largest absolute Gasteiger partial charge is 0.381 e. The molecule has 124 valence electrons. The molecule has 0 bridgehead atoms. The van der Waals surface area contributed by atoms with Crippen LogP contribution < -0.4 is 0 Å². The highest BCUT2D eigenvalue weighted by atomic mass is 16.5. The van der Waals surface area contributed by atoms with Gasteiger partial charge < -0.3 is 14.4 Å². The minimum absolute atomic E-state index is 0.115. The van der Waals surface area contributed by atoms with Gasteiger partial charge in [-0.05, 0) is 18.4 Å². The number of carbonyl (C=O) groups is 1. The van der Waals surface area contributed by atoms with Gasteiger partial charge in [0.1, 0.15) is 6.61 Å². The van der Waals surface area contributed by atoms with E-state index in [2.05, 4.69) is 17.0 Å². The maximum atomic E-state index is 12.4. The molecule has 3 fully saturated rings. The number of rotatable bonds is 3. The Hall–Kier alpha value is -1.43. The second kappa shape index (κ2) is 6.59. The molecule has 5 nitrogen and oxygen atoms in total. The van der Waals surface area contributed by atoms with Crippen molar-refractivity contribution in [3.8, 4) is 0 Å². The van der Waals surface area contributed by atoms with E-state index in [-0.39, 0.29) is 24.7 Å². The molecular weight excluding hydrogens is 292 g/mol. The van der Waals surface area contributed by atoms with Gasteiger partial charge in [0.2, 0.25) is 5.91 Å². The SMILES string of the molecule is O=C1CO[C@@H]2CN(C3CCOCC3)C[C@H]2N1Cc1ccccc1. The van der Waals surface area contributed by atoms with Crippen LogP contribution >= 0.6 is 0 Å². The molecular formula is C18H24N2O3. The van der Waals surface area contributed by atoms with Crippen molar-refractivity contribution < 1.29 is 14.3 Å². The Balaban J connectivity index is 1.47. The highest BCUT2D eigenvalue weighted by Gasteiger charge is 2.44. The molecule has 5 heteroatoms. The summed E-state index contributed by atoms with van der Waals surface area (Å²) in [6.45, 7) is 4.47. The minimum Gasteiger partial charge on any atom is -0.381 e. The number of amides is 1. The van der Waals surface area contributed by atoms with E-state index in [1.165, 1.54) is 5.56 Å². The van der Waals surface area contributed by atoms with Gasteiger partial charge in [-0.25, -0.2) is 0 Å². The quantitative estimate of drug-likeness (QED) is 0.842. The van der Waals surface area contributed by atoms with Crippen molar-refractivity contribution in [2.24, 2.45) is 0 Å². The molecule has 0 unspecified atom stereocenters. The number of hydrogen-bond donors (Lipinski definition) is 0. The summed E-state index contributed by atoms with van der Waals surface area (Å²) >= 11 is 0. The van der Waals surface area contributed by atoms with Crippen molar-refractivity contribution >= 4 is 5.91 Å². The van der Waals surface area contributed by atoms with E-state index in [4.69, 9.17) is 9.47 Å². The summed E-state index contributed by atoms with van der Waals surface area (Å²) in [4.78, 5) is 16.9. The van der Waals surface area contributed by atoms with E-state index in [9.17, 15) is 4.79 Å². The average molecular weight is 316 g/mol. The molecule has 1 amide bonds. The summed E-state index contributed by atoms with van der Waals surface area (Å²) in [5.41, 5.74) is 1.19. The number of benzene rings is 1. The fourth-order valence-corrected chi connectivity index (χ4v) is 4.03. The van der Waals surface area contributed by atoms with Crippen LogP contribution in [-0.4, -0.2) is 66.8 Å². The molecule has 3 aliphatic heterocycles. The van der Waals surface area contributed by atoms with Gasteiger partial charge in [0.15, 0.2) is 0 Å². The molecule has 0 aromatic heterocycles. The van der Waals surface area contributed by atoms with Gasteiger partial charge in [-0.2, -0.15) is 0 Å². The van der Waals surface area contributed by atoms with Crippen molar-refractivity contribution in [1.29, 1.82) is 0 Å². The predicted molar refractivity (Wildman–Crippen MR) is 85.9 cm³/mol. The summed E-state index contributed by atoms with van der Waals surface area (Å²) in [6, 6.07) is 11.0. The van der Waals surface area contributed by atoms with E-state index < -0.39 is 0 Å². The van der Waals surface area contributed by atoms with Crippen LogP contribution in [0.3, 0.4) is 0 Å². The molecule has 3 aliphatic rings. The molecule has 23 heavy (non-hydrogen) atoms. The van der Waals surface area contributed by atoms with Crippen LogP contribution in [0.25, 0.3) is 0 Å². The van der Waals surface area contributed by atoms with Gasteiger partial charge in [0.05, 0.1) is 12.1 Å². The zero-order valence-corrected chi connectivity index (χ0v) is 13.4. The number of ether oxygens (including phenoxy) is 2. The monoisotopic (exact) mass is 316 g/mol. The fraction of sp³-hybridized carbons (Fsp3) is 0.611. The summed E-state index contributed by atoms with van der Waals surface area (Å²) in [5.74, 6) is 0.115. The first-order chi connectivity index (χ1) is 11.3. The number of nitrogens with zero attached hydrogens (tertiary/aromatic N) is 2. The first-order valence-corrected chi connectivity index (χ1v) is 8.58. The van der Waals surface area contributed by atoms with Gasteiger partial charge in [-0.3, -0.25) is 9.69 Å². The van der Waals surface area contributed by atoms with Crippen LogP contribution in [0.5, 0.6) is 0 Å².